The number of carbonyl (C=O) groups excluding carboxylic acids is 1. The van der Waals surface area contributed by atoms with E-state index in [2.05, 4.69) is 0 Å². The number of nitriles is 1. The fourth-order valence-electron chi connectivity index (χ4n) is 2.58. The standard InChI is InChI=1S/C19H18N2O3/c1-18(2,3)23-24-19(13-20)15-11-7-8-12-16(15)21(17(19)22)14-9-5-4-6-10-14/h4-12H,1-3H3. The molecule has 0 saturated carbocycles. The molecule has 5 heteroatoms. The number of anilines is 2. The lowest BCUT2D eigenvalue weighted by molar-refractivity contribution is -0.384. The largest absolute Gasteiger partial charge is 0.293 e. The first-order valence-corrected chi connectivity index (χ1v) is 7.66. The predicted octanol–water partition coefficient (Wildman–Crippen LogP) is 3.83. The Morgan fingerprint density at radius 3 is 2.29 bits per heavy atom. The van der Waals surface area contributed by atoms with Crippen molar-refractivity contribution in [1.82, 2.24) is 0 Å². The minimum Gasteiger partial charge on any atom is -0.277 e. The van der Waals surface area contributed by atoms with Crippen molar-refractivity contribution in [3.05, 3.63) is 60.2 Å². The van der Waals surface area contributed by atoms with Crippen LogP contribution in [0, 0.1) is 11.3 Å². The van der Waals surface area contributed by atoms with Gasteiger partial charge in [-0.1, -0.05) is 36.4 Å². The zero-order valence-corrected chi connectivity index (χ0v) is 13.8. The van der Waals surface area contributed by atoms with Gasteiger partial charge in [-0.15, -0.1) is 0 Å². The van der Waals surface area contributed by atoms with Crippen molar-refractivity contribution in [3.8, 4) is 6.07 Å². The number of nitrogens with zero attached hydrogens (tertiary/aromatic N) is 2. The second-order valence-electron chi connectivity index (χ2n) is 6.57. The molecule has 1 heterocycles. The molecule has 0 aliphatic carbocycles. The Morgan fingerprint density at radius 1 is 1.04 bits per heavy atom. The molecule has 0 radical (unpaired) electrons. The number of hydrogen-bond donors (Lipinski definition) is 0. The summed E-state index contributed by atoms with van der Waals surface area (Å²) < 4.78 is 0. The van der Waals surface area contributed by atoms with Crippen LogP contribution in [0.5, 0.6) is 0 Å². The third kappa shape index (κ3) is 2.56. The Labute approximate surface area is 141 Å². The molecule has 1 aliphatic heterocycles. The molecular weight excluding hydrogens is 304 g/mol. The molecule has 0 spiro atoms. The van der Waals surface area contributed by atoms with E-state index in [-0.39, 0.29) is 0 Å². The van der Waals surface area contributed by atoms with Gasteiger partial charge in [-0.05, 0) is 39.0 Å². The molecule has 5 nitrogen and oxygen atoms in total. The smallest absolute Gasteiger partial charge is 0.277 e. The van der Waals surface area contributed by atoms with Gasteiger partial charge in [-0.2, -0.15) is 10.1 Å². The van der Waals surface area contributed by atoms with Crippen LogP contribution in [0.2, 0.25) is 0 Å². The summed E-state index contributed by atoms with van der Waals surface area (Å²) in [6, 6.07) is 18.3. The molecule has 0 N–H and O–H groups in total. The molecule has 122 valence electrons. The number of rotatable bonds is 3. The van der Waals surface area contributed by atoms with Gasteiger partial charge in [0.05, 0.1) is 11.3 Å². The average Bonchev–Trinajstić information content (AvgIpc) is 2.82. The quantitative estimate of drug-likeness (QED) is 0.636. The van der Waals surface area contributed by atoms with Gasteiger partial charge in [0.25, 0.3) is 11.5 Å². The first kappa shape index (κ1) is 16.2. The molecule has 0 bridgehead atoms. The lowest BCUT2D eigenvalue weighted by Gasteiger charge is -2.25. The molecule has 0 saturated heterocycles. The molecule has 2 aromatic carbocycles. The maximum Gasteiger partial charge on any atom is 0.293 e. The monoisotopic (exact) mass is 322 g/mol. The second kappa shape index (κ2) is 5.75. The highest BCUT2D eigenvalue weighted by molar-refractivity contribution is 6.13. The minimum atomic E-state index is -1.82. The summed E-state index contributed by atoms with van der Waals surface area (Å²) in [7, 11) is 0. The number of carbonyl (C=O) groups is 1. The summed E-state index contributed by atoms with van der Waals surface area (Å²) in [6.45, 7) is 5.37. The fraction of sp³-hybridized carbons (Fsp3) is 0.263. The van der Waals surface area contributed by atoms with Crippen molar-refractivity contribution >= 4 is 17.3 Å². The van der Waals surface area contributed by atoms with Crippen molar-refractivity contribution in [1.29, 1.82) is 5.26 Å². The van der Waals surface area contributed by atoms with Crippen molar-refractivity contribution in [2.75, 3.05) is 4.90 Å². The lowest BCUT2D eigenvalue weighted by Crippen LogP contribution is -2.41. The molecular formula is C19H18N2O3. The van der Waals surface area contributed by atoms with Gasteiger partial charge in [-0.3, -0.25) is 9.69 Å². The maximum absolute atomic E-state index is 13.1. The van der Waals surface area contributed by atoms with Crippen LogP contribution in [-0.2, 0) is 20.2 Å². The molecule has 1 atom stereocenters. The van der Waals surface area contributed by atoms with Crippen LogP contribution in [0.3, 0.4) is 0 Å². The van der Waals surface area contributed by atoms with Gasteiger partial charge in [0.15, 0.2) is 0 Å². The number of amides is 1. The fourth-order valence-corrected chi connectivity index (χ4v) is 2.58. The molecule has 1 unspecified atom stereocenters. The molecule has 1 amide bonds. The van der Waals surface area contributed by atoms with E-state index in [1.807, 2.05) is 42.5 Å². The van der Waals surface area contributed by atoms with Gasteiger partial charge >= 0.3 is 0 Å². The Hall–Kier alpha value is -2.68. The average molecular weight is 322 g/mol. The Kier molecular flexibility index (Phi) is 3.88. The number of hydrogen-bond acceptors (Lipinski definition) is 4. The topological polar surface area (TPSA) is 62.6 Å². The Morgan fingerprint density at radius 2 is 1.67 bits per heavy atom. The van der Waals surface area contributed by atoms with Crippen molar-refractivity contribution in [2.24, 2.45) is 0 Å². The lowest BCUT2D eigenvalue weighted by atomic mass is 9.97. The van der Waals surface area contributed by atoms with E-state index in [9.17, 15) is 10.1 Å². The van der Waals surface area contributed by atoms with Crippen LogP contribution in [0.25, 0.3) is 0 Å². The van der Waals surface area contributed by atoms with Gasteiger partial charge in [0.2, 0.25) is 0 Å². The van der Waals surface area contributed by atoms with Crippen LogP contribution < -0.4 is 4.90 Å². The van der Waals surface area contributed by atoms with E-state index in [0.29, 0.717) is 16.9 Å². The van der Waals surface area contributed by atoms with Crippen molar-refractivity contribution in [3.63, 3.8) is 0 Å². The van der Waals surface area contributed by atoms with Gasteiger partial charge in [0, 0.05) is 11.3 Å². The highest BCUT2D eigenvalue weighted by atomic mass is 17.2. The third-order valence-corrected chi connectivity index (χ3v) is 3.62. The van der Waals surface area contributed by atoms with Crippen LogP contribution in [0.1, 0.15) is 26.3 Å². The van der Waals surface area contributed by atoms with E-state index >= 15 is 0 Å². The summed E-state index contributed by atoms with van der Waals surface area (Å²) in [5.74, 6) is -0.485. The third-order valence-electron chi connectivity index (χ3n) is 3.62. The van der Waals surface area contributed by atoms with Crippen molar-refractivity contribution < 1.29 is 14.6 Å². The van der Waals surface area contributed by atoms with E-state index in [4.69, 9.17) is 9.78 Å². The van der Waals surface area contributed by atoms with Crippen LogP contribution in [0.15, 0.2) is 54.6 Å². The number of fused-ring (bicyclic) bond motifs is 1. The van der Waals surface area contributed by atoms with Crippen LogP contribution in [0.4, 0.5) is 11.4 Å². The zero-order valence-electron chi connectivity index (χ0n) is 13.8. The predicted molar refractivity (Wildman–Crippen MR) is 89.2 cm³/mol. The summed E-state index contributed by atoms with van der Waals surface area (Å²) in [6.07, 6.45) is 0. The molecule has 0 fully saturated rings. The van der Waals surface area contributed by atoms with Gasteiger partial charge in [0.1, 0.15) is 6.07 Å². The second-order valence-corrected chi connectivity index (χ2v) is 6.57. The SMILES string of the molecule is CC(C)(C)OOC1(C#N)C(=O)N(c2ccccc2)c2ccccc21. The minimum absolute atomic E-state index is 0.477. The molecule has 1 aliphatic rings. The first-order chi connectivity index (χ1) is 11.4. The zero-order chi connectivity index (χ0) is 17.4. The van der Waals surface area contributed by atoms with Crippen molar-refractivity contribution in [2.45, 2.75) is 32.0 Å². The van der Waals surface area contributed by atoms with Crippen LogP contribution in [-0.4, -0.2) is 11.5 Å². The van der Waals surface area contributed by atoms with Crippen LogP contribution >= 0.6 is 0 Å². The highest BCUT2D eigenvalue weighted by Gasteiger charge is 2.55. The highest BCUT2D eigenvalue weighted by Crippen LogP contribution is 2.46. The number of para-hydroxylation sites is 2. The summed E-state index contributed by atoms with van der Waals surface area (Å²) in [5.41, 5.74) is -0.705. The molecule has 3 rings (SSSR count). The molecule has 0 aromatic heterocycles. The van der Waals surface area contributed by atoms with E-state index < -0.39 is 17.1 Å². The van der Waals surface area contributed by atoms with E-state index in [1.54, 1.807) is 39.0 Å². The Bertz CT molecular complexity index is 805. The van der Waals surface area contributed by atoms with E-state index in [1.165, 1.54) is 4.90 Å². The Balaban J connectivity index is 2.12. The maximum atomic E-state index is 13.1. The number of benzene rings is 2. The summed E-state index contributed by atoms with van der Waals surface area (Å²) in [4.78, 5) is 25.4. The summed E-state index contributed by atoms with van der Waals surface area (Å²) in [5, 5.41) is 9.79. The summed E-state index contributed by atoms with van der Waals surface area (Å²) >= 11 is 0. The van der Waals surface area contributed by atoms with Gasteiger partial charge < -0.3 is 0 Å². The first-order valence-electron chi connectivity index (χ1n) is 7.66. The molecule has 2 aromatic rings. The van der Waals surface area contributed by atoms with E-state index in [0.717, 1.165) is 0 Å². The van der Waals surface area contributed by atoms with Gasteiger partial charge in [-0.25, -0.2) is 4.89 Å². The normalized spacial score (nSPS) is 19.9. The molecule has 24 heavy (non-hydrogen) atoms.